The summed E-state index contributed by atoms with van der Waals surface area (Å²) in [5.41, 5.74) is 1.34. The highest BCUT2D eigenvalue weighted by atomic mass is 16.3. The standard InChI is InChI=1S/C15H19NO/c1-2-14(11-17)16-10-13-8-5-7-12-6-3-4-9-15(12)13/h3-9,14,16-17H,2,10-11H2,1H3/p+1/t14-/m0/s1. The van der Waals surface area contributed by atoms with Crippen LogP contribution in [0.15, 0.2) is 42.5 Å². The summed E-state index contributed by atoms with van der Waals surface area (Å²) in [6.07, 6.45) is 1.00. The van der Waals surface area contributed by atoms with Crippen molar-refractivity contribution in [1.82, 2.24) is 0 Å². The minimum absolute atomic E-state index is 0.251. The summed E-state index contributed by atoms with van der Waals surface area (Å²) in [6.45, 7) is 3.29. The fourth-order valence-electron chi connectivity index (χ4n) is 2.13. The molecule has 0 fully saturated rings. The second kappa shape index (κ2) is 5.80. The lowest BCUT2D eigenvalue weighted by Gasteiger charge is -2.11. The smallest absolute Gasteiger partial charge is 0.109 e. The lowest BCUT2D eigenvalue weighted by atomic mass is 10.0. The molecule has 0 aliphatic heterocycles. The molecule has 0 spiro atoms. The third kappa shape index (κ3) is 2.84. The highest BCUT2D eigenvalue weighted by molar-refractivity contribution is 5.85. The number of aliphatic hydroxyl groups is 1. The van der Waals surface area contributed by atoms with Crippen molar-refractivity contribution in [2.24, 2.45) is 0 Å². The molecule has 0 saturated carbocycles. The van der Waals surface area contributed by atoms with Crippen LogP contribution < -0.4 is 5.32 Å². The van der Waals surface area contributed by atoms with Gasteiger partial charge in [-0.2, -0.15) is 0 Å². The molecule has 2 rings (SSSR count). The van der Waals surface area contributed by atoms with Crippen LogP contribution in [-0.2, 0) is 6.54 Å². The molecular formula is C15H20NO+. The summed E-state index contributed by atoms with van der Waals surface area (Å²) < 4.78 is 0. The zero-order valence-electron chi connectivity index (χ0n) is 10.3. The number of aliphatic hydroxyl groups excluding tert-OH is 1. The van der Waals surface area contributed by atoms with Crippen LogP contribution in [0.5, 0.6) is 0 Å². The Balaban J connectivity index is 2.18. The maximum absolute atomic E-state index is 9.19. The average Bonchev–Trinajstić information content (AvgIpc) is 2.40. The second-order valence-electron chi connectivity index (χ2n) is 4.43. The van der Waals surface area contributed by atoms with Crippen molar-refractivity contribution in [2.75, 3.05) is 6.61 Å². The van der Waals surface area contributed by atoms with Crippen LogP contribution in [0.3, 0.4) is 0 Å². The molecule has 0 bridgehead atoms. The molecule has 17 heavy (non-hydrogen) atoms. The van der Waals surface area contributed by atoms with E-state index in [0.717, 1.165) is 13.0 Å². The first kappa shape index (κ1) is 12.1. The molecule has 1 atom stereocenters. The Hall–Kier alpha value is -1.38. The highest BCUT2D eigenvalue weighted by Gasteiger charge is 2.08. The van der Waals surface area contributed by atoms with Crippen LogP contribution in [0.25, 0.3) is 10.8 Å². The van der Waals surface area contributed by atoms with Gasteiger partial charge >= 0.3 is 0 Å². The number of hydrogen-bond acceptors (Lipinski definition) is 1. The predicted molar refractivity (Wildman–Crippen MR) is 70.7 cm³/mol. The van der Waals surface area contributed by atoms with Gasteiger partial charge in [-0.05, 0) is 17.2 Å². The van der Waals surface area contributed by atoms with Gasteiger partial charge in [-0.1, -0.05) is 49.4 Å². The summed E-state index contributed by atoms with van der Waals surface area (Å²) in [4.78, 5) is 0. The molecule has 3 N–H and O–H groups in total. The highest BCUT2D eigenvalue weighted by Crippen LogP contribution is 2.17. The Kier molecular flexibility index (Phi) is 4.13. The van der Waals surface area contributed by atoms with E-state index in [0.29, 0.717) is 6.04 Å². The second-order valence-corrected chi connectivity index (χ2v) is 4.43. The third-order valence-corrected chi connectivity index (χ3v) is 3.31. The van der Waals surface area contributed by atoms with E-state index in [1.807, 2.05) is 0 Å². The maximum atomic E-state index is 9.19. The largest absolute Gasteiger partial charge is 0.390 e. The zero-order chi connectivity index (χ0) is 12.1. The normalized spacial score (nSPS) is 12.8. The quantitative estimate of drug-likeness (QED) is 0.805. The van der Waals surface area contributed by atoms with Crippen LogP contribution >= 0.6 is 0 Å². The molecule has 0 amide bonds. The van der Waals surface area contributed by atoms with Crippen molar-refractivity contribution in [2.45, 2.75) is 25.9 Å². The Morgan fingerprint density at radius 3 is 2.65 bits per heavy atom. The molecule has 0 radical (unpaired) electrons. The topological polar surface area (TPSA) is 36.8 Å². The van der Waals surface area contributed by atoms with Crippen molar-refractivity contribution in [3.63, 3.8) is 0 Å². The monoisotopic (exact) mass is 230 g/mol. The minimum Gasteiger partial charge on any atom is -0.390 e. The molecule has 2 nitrogen and oxygen atoms in total. The van der Waals surface area contributed by atoms with E-state index in [4.69, 9.17) is 0 Å². The first-order valence-corrected chi connectivity index (χ1v) is 6.26. The SMILES string of the molecule is CC[C@@H](CO)[NH2+]Cc1cccc2ccccc12. The molecule has 0 unspecified atom stereocenters. The van der Waals surface area contributed by atoms with E-state index in [2.05, 4.69) is 54.7 Å². The van der Waals surface area contributed by atoms with E-state index in [1.165, 1.54) is 16.3 Å². The van der Waals surface area contributed by atoms with Crippen molar-refractivity contribution in [3.8, 4) is 0 Å². The van der Waals surface area contributed by atoms with Gasteiger partial charge < -0.3 is 10.4 Å². The molecule has 2 heteroatoms. The fraction of sp³-hybridized carbons (Fsp3) is 0.333. The number of hydrogen-bond donors (Lipinski definition) is 2. The Labute approximate surface area is 102 Å². The Bertz CT molecular complexity index is 472. The molecule has 0 aliphatic rings. The molecule has 0 aliphatic carbocycles. The molecular weight excluding hydrogens is 210 g/mol. The summed E-state index contributed by atoms with van der Waals surface area (Å²) >= 11 is 0. The predicted octanol–water partition coefficient (Wildman–Crippen LogP) is 1.67. The molecule has 0 aromatic heterocycles. The molecule has 2 aromatic carbocycles. The van der Waals surface area contributed by atoms with Crippen molar-refractivity contribution < 1.29 is 10.4 Å². The van der Waals surface area contributed by atoms with Gasteiger partial charge in [0, 0.05) is 5.56 Å². The van der Waals surface area contributed by atoms with Crippen LogP contribution in [0, 0.1) is 0 Å². The molecule has 0 heterocycles. The summed E-state index contributed by atoms with van der Waals surface area (Å²) in [7, 11) is 0. The lowest BCUT2D eigenvalue weighted by Crippen LogP contribution is -2.89. The molecule has 90 valence electrons. The van der Waals surface area contributed by atoms with Gasteiger partial charge in [-0.3, -0.25) is 0 Å². The van der Waals surface area contributed by atoms with Gasteiger partial charge in [0.2, 0.25) is 0 Å². The number of benzene rings is 2. The minimum atomic E-state index is 0.251. The van der Waals surface area contributed by atoms with Crippen LogP contribution in [0.4, 0.5) is 0 Å². The van der Waals surface area contributed by atoms with Gasteiger partial charge in [0.05, 0.1) is 6.61 Å². The molecule has 0 saturated heterocycles. The zero-order valence-corrected chi connectivity index (χ0v) is 10.3. The van der Waals surface area contributed by atoms with Gasteiger partial charge in [0.25, 0.3) is 0 Å². The van der Waals surface area contributed by atoms with Gasteiger partial charge in [0.1, 0.15) is 12.6 Å². The van der Waals surface area contributed by atoms with Gasteiger partial charge in [0.15, 0.2) is 0 Å². The number of nitrogens with two attached hydrogens (primary N) is 1. The summed E-state index contributed by atoms with van der Waals surface area (Å²) in [5.74, 6) is 0. The van der Waals surface area contributed by atoms with Crippen LogP contribution in [0.2, 0.25) is 0 Å². The first-order chi connectivity index (χ1) is 8.35. The van der Waals surface area contributed by atoms with E-state index in [9.17, 15) is 5.11 Å². The summed E-state index contributed by atoms with van der Waals surface area (Å²) in [6, 6.07) is 15.2. The van der Waals surface area contributed by atoms with Crippen LogP contribution in [-0.4, -0.2) is 17.8 Å². The number of rotatable bonds is 5. The number of fused-ring (bicyclic) bond motifs is 1. The number of quaternary nitrogens is 1. The summed E-state index contributed by atoms with van der Waals surface area (Å²) in [5, 5.41) is 14.0. The lowest BCUT2D eigenvalue weighted by molar-refractivity contribution is -0.705. The van der Waals surface area contributed by atoms with E-state index >= 15 is 0 Å². The van der Waals surface area contributed by atoms with Gasteiger partial charge in [-0.15, -0.1) is 0 Å². The molecule has 2 aromatic rings. The van der Waals surface area contributed by atoms with E-state index in [-0.39, 0.29) is 6.61 Å². The third-order valence-electron chi connectivity index (χ3n) is 3.31. The van der Waals surface area contributed by atoms with E-state index < -0.39 is 0 Å². The fourth-order valence-corrected chi connectivity index (χ4v) is 2.13. The first-order valence-electron chi connectivity index (χ1n) is 6.26. The van der Waals surface area contributed by atoms with Crippen molar-refractivity contribution in [1.29, 1.82) is 0 Å². The maximum Gasteiger partial charge on any atom is 0.109 e. The average molecular weight is 230 g/mol. The van der Waals surface area contributed by atoms with E-state index in [1.54, 1.807) is 0 Å². The van der Waals surface area contributed by atoms with Gasteiger partial charge in [-0.25, -0.2) is 0 Å². The van der Waals surface area contributed by atoms with Crippen molar-refractivity contribution >= 4 is 10.8 Å². The Morgan fingerprint density at radius 2 is 1.88 bits per heavy atom. The van der Waals surface area contributed by atoms with Crippen molar-refractivity contribution in [3.05, 3.63) is 48.0 Å². The van der Waals surface area contributed by atoms with Crippen LogP contribution in [0.1, 0.15) is 18.9 Å². The Morgan fingerprint density at radius 1 is 1.12 bits per heavy atom.